The lowest BCUT2D eigenvalue weighted by Crippen LogP contribution is -2.32. The zero-order chi connectivity index (χ0) is 18.7. The van der Waals surface area contributed by atoms with Gasteiger partial charge in [-0.2, -0.15) is 0 Å². The van der Waals surface area contributed by atoms with Gasteiger partial charge in [0.2, 0.25) is 0 Å². The minimum absolute atomic E-state index is 0.259. The number of H-pyrrole nitrogens is 1. The Hall–Kier alpha value is -3.09. The van der Waals surface area contributed by atoms with Crippen LogP contribution in [0.2, 0.25) is 0 Å². The minimum atomic E-state index is -0.557. The van der Waals surface area contributed by atoms with Gasteiger partial charge < -0.3 is 19.6 Å². The Labute approximate surface area is 150 Å². The van der Waals surface area contributed by atoms with E-state index < -0.39 is 11.7 Å². The Morgan fingerprint density at radius 1 is 1.35 bits per heavy atom. The second kappa shape index (κ2) is 7.03. The van der Waals surface area contributed by atoms with Crippen molar-refractivity contribution in [2.75, 3.05) is 0 Å². The van der Waals surface area contributed by atoms with Crippen molar-refractivity contribution in [2.24, 2.45) is 0 Å². The molecule has 7 heteroatoms. The highest BCUT2D eigenvalue weighted by Crippen LogP contribution is 2.22. The van der Waals surface area contributed by atoms with Gasteiger partial charge in [-0.25, -0.2) is 9.18 Å². The molecule has 2 aromatic heterocycles. The van der Waals surface area contributed by atoms with Crippen LogP contribution in [0.4, 0.5) is 9.18 Å². The lowest BCUT2D eigenvalue weighted by atomic mass is 10.1. The summed E-state index contributed by atoms with van der Waals surface area (Å²) in [4.78, 5) is 14.9. The average molecular weight is 357 g/mol. The number of ether oxygens (including phenoxy) is 1. The van der Waals surface area contributed by atoms with E-state index in [9.17, 15) is 9.18 Å². The van der Waals surface area contributed by atoms with E-state index in [1.807, 2.05) is 0 Å². The van der Waals surface area contributed by atoms with Crippen LogP contribution in [0, 0.1) is 5.82 Å². The Balaban J connectivity index is 1.73. The van der Waals surface area contributed by atoms with Gasteiger partial charge in [0.05, 0.1) is 6.54 Å². The molecule has 3 aromatic rings. The van der Waals surface area contributed by atoms with E-state index in [-0.39, 0.29) is 12.4 Å². The lowest BCUT2D eigenvalue weighted by molar-refractivity contribution is 0.0523. The summed E-state index contributed by atoms with van der Waals surface area (Å²) >= 11 is 0. The third-order valence-electron chi connectivity index (χ3n) is 3.51. The Kier molecular flexibility index (Phi) is 4.79. The number of alkyl carbamates (subject to hydrolysis) is 1. The van der Waals surface area contributed by atoms with E-state index in [0.29, 0.717) is 11.3 Å². The molecule has 3 rings (SSSR count). The Morgan fingerprint density at radius 2 is 2.15 bits per heavy atom. The second-order valence-corrected chi connectivity index (χ2v) is 6.87. The number of halogens is 1. The predicted molar refractivity (Wildman–Crippen MR) is 96.8 cm³/mol. The molecule has 0 fully saturated rings. The molecular weight excluding hydrogens is 337 g/mol. The number of nitrogens with one attached hydrogen (secondary N) is 2. The number of rotatable bonds is 4. The summed E-state index contributed by atoms with van der Waals surface area (Å²) in [6.07, 6.45) is 4.25. The molecule has 0 bridgehead atoms. The van der Waals surface area contributed by atoms with Gasteiger partial charge in [0, 0.05) is 28.2 Å². The van der Waals surface area contributed by atoms with Crippen molar-refractivity contribution in [2.45, 2.75) is 32.9 Å². The van der Waals surface area contributed by atoms with E-state index in [2.05, 4.69) is 15.5 Å². The molecule has 0 aliphatic heterocycles. The molecule has 136 valence electrons. The molecule has 0 unspecified atom stereocenters. The molecule has 0 spiro atoms. The first-order chi connectivity index (χ1) is 12.3. The summed E-state index contributed by atoms with van der Waals surface area (Å²) in [6, 6.07) is 6.63. The van der Waals surface area contributed by atoms with Crippen molar-refractivity contribution >= 4 is 29.1 Å². The Morgan fingerprint density at radius 3 is 2.85 bits per heavy atom. The fourth-order valence-corrected chi connectivity index (χ4v) is 2.42. The largest absolute Gasteiger partial charge is 0.444 e. The van der Waals surface area contributed by atoms with Crippen molar-refractivity contribution in [3.05, 3.63) is 53.3 Å². The van der Waals surface area contributed by atoms with Crippen LogP contribution in [0.3, 0.4) is 0 Å². The van der Waals surface area contributed by atoms with Gasteiger partial charge in [-0.3, -0.25) is 0 Å². The number of fused-ring (bicyclic) bond motifs is 1. The van der Waals surface area contributed by atoms with Crippen LogP contribution < -0.4 is 5.32 Å². The maximum absolute atomic E-state index is 14.3. The summed E-state index contributed by atoms with van der Waals surface area (Å²) < 4.78 is 24.2. The van der Waals surface area contributed by atoms with Crippen molar-refractivity contribution in [1.82, 2.24) is 15.5 Å². The second-order valence-electron chi connectivity index (χ2n) is 6.87. The first kappa shape index (κ1) is 17.7. The fourth-order valence-electron chi connectivity index (χ4n) is 2.42. The van der Waals surface area contributed by atoms with Crippen LogP contribution in [0.5, 0.6) is 0 Å². The first-order valence-corrected chi connectivity index (χ1v) is 8.17. The summed E-state index contributed by atoms with van der Waals surface area (Å²) in [6.45, 7) is 5.65. The number of nitrogens with zero attached hydrogens (tertiary/aromatic N) is 1. The van der Waals surface area contributed by atoms with Gasteiger partial charge in [0.1, 0.15) is 23.4 Å². The molecule has 0 atom stereocenters. The number of amides is 1. The SMILES string of the molecule is CC(C)(C)OC(=O)NCc1cc2cc(F)c(/C=C/c3ccon3)cc2[nH]1. The van der Waals surface area contributed by atoms with Crippen LogP contribution in [-0.4, -0.2) is 21.8 Å². The van der Waals surface area contributed by atoms with Gasteiger partial charge in [-0.1, -0.05) is 5.16 Å². The normalized spacial score (nSPS) is 12.0. The zero-order valence-corrected chi connectivity index (χ0v) is 14.8. The summed E-state index contributed by atoms with van der Waals surface area (Å²) in [5.41, 5.74) is 2.00. The minimum Gasteiger partial charge on any atom is -0.444 e. The quantitative estimate of drug-likeness (QED) is 0.721. The van der Waals surface area contributed by atoms with E-state index in [0.717, 1.165) is 16.6 Å². The smallest absolute Gasteiger partial charge is 0.407 e. The first-order valence-electron chi connectivity index (χ1n) is 8.17. The van der Waals surface area contributed by atoms with Crippen molar-refractivity contribution in [1.29, 1.82) is 0 Å². The maximum atomic E-state index is 14.3. The van der Waals surface area contributed by atoms with Crippen molar-refractivity contribution in [3.8, 4) is 0 Å². The summed E-state index contributed by atoms with van der Waals surface area (Å²) in [7, 11) is 0. The summed E-state index contributed by atoms with van der Waals surface area (Å²) in [5.74, 6) is -0.345. The highest BCUT2D eigenvalue weighted by molar-refractivity contribution is 5.84. The van der Waals surface area contributed by atoms with E-state index in [1.54, 1.807) is 51.1 Å². The zero-order valence-electron chi connectivity index (χ0n) is 14.8. The van der Waals surface area contributed by atoms with Crippen LogP contribution in [-0.2, 0) is 11.3 Å². The number of aromatic nitrogens is 2. The maximum Gasteiger partial charge on any atom is 0.407 e. The molecule has 0 aliphatic rings. The average Bonchev–Trinajstić information content (AvgIpc) is 3.18. The third kappa shape index (κ3) is 4.50. The van der Waals surface area contributed by atoms with Gasteiger partial charge >= 0.3 is 6.09 Å². The van der Waals surface area contributed by atoms with E-state index in [1.165, 1.54) is 12.3 Å². The van der Waals surface area contributed by atoms with Gasteiger partial charge in [0.15, 0.2) is 0 Å². The number of aromatic amines is 1. The molecule has 0 saturated heterocycles. The molecule has 2 heterocycles. The lowest BCUT2D eigenvalue weighted by Gasteiger charge is -2.19. The molecule has 26 heavy (non-hydrogen) atoms. The number of carbonyl (C=O) groups excluding carboxylic acids is 1. The van der Waals surface area contributed by atoms with Crippen LogP contribution >= 0.6 is 0 Å². The third-order valence-corrected chi connectivity index (χ3v) is 3.51. The molecule has 1 amide bonds. The summed E-state index contributed by atoms with van der Waals surface area (Å²) in [5, 5.41) is 7.14. The number of carbonyl (C=O) groups is 1. The molecule has 1 aromatic carbocycles. The van der Waals surface area contributed by atoms with Crippen LogP contribution in [0.1, 0.15) is 37.7 Å². The molecular formula is C19H20FN3O3. The predicted octanol–water partition coefficient (Wildman–Crippen LogP) is 4.49. The molecule has 0 saturated carbocycles. The molecule has 2 N–H and O–H groups in total. The number of hydrogen-bond donors (Lipinski definition) is 2. The van der Waals surface area contributed by atoms with Crippen molar-refractivity contribution < 1.29 is 18.4 Å². The van der Waals surface area contributed by atoms with Crippen LogP contribution in [0.15, 0.2) is 35.1 Å². The van der Waals surface area contributed by atoms with E-state index in [4.69, 9.17) is 9.26 Å². The Bertz CT molecular complexity index is 937. The molecule has 6 nitrogen and oxygen atoms in total. The van der Waals surface area contributed by atoms with Gasteiger partial charge in [0.25, 0.3) is 0 Å². The van der Waals surface area contributed by atoms with Gasteiger partial charge in [-0.15, -0.1) is 0 Å². The van der Waals surface area contributed by atoms with Gasteiger partial charge in [-0.05, 0) is 51.1 Å². The topological polar surface area (TPSA) is 80.2 Å². The number of benzene rings is 1. The number of hydrogen-bond acceptors (Lipinski definition) is 4. The van der Waals surface area contributed by atoms with E-state index >= 15 is 0 Å². The highest BCUT2D eigenvalue weighted by atomic mass is 19.1. The molecule has 0 radical (unpaired) electrons. The van der Waals surface area contributed by atoms with Crippen LogP contribution in [0.25, 0.3) is 23.1 Å². The fraction of sp³-hybridized carbons (Fsp3) is 0.263. The van der Waals surface area contributed by atoms with Crippen molar-refractivity contribution in [3.63, 3.8) is 0 Å². The highest BCUT2D eigenvalue weighted by Gasteiger charge is 2.16. The molecule has 0 aliphatic carbocycles. The monoisotopic (exact) mass is 357 g/mol. The standard InChI is InChI=1S/C19H20FN3O3/c1-19(2,3)26-18(24)21-11-15-8-13-9-16(20)12(10-17(13)22-15)4-5-14-6-7-25-23-14/h4-10,22H,11H2,1-3H3,(H,21,24)/b5-4+.